The molecular weight excluding hydrogens is 455 g/mol. The number of rotatable bonds is 5. The fourth-order valence-electron chi connectivity index (χ4n) is 2.63. The monoisotopic (exact) mass is 468 g/mol. The number of carbonyl (C=O) groups is 1. The number of nitrogens with one attached hydrogen (secondary N) is 1. The average molecular weight is 469 g/mol. The third-order valence-electron chi connectivity index (χ3n) is 4.09. The van der Waals surface area contributed by atoms with Crippen LogP contribution in [0, 0.1) is 12.7 Å². The largest absolute Gasteiger partial charge is 0.439 e. The molecule has 30 heavy (non-hydrogen) atoms. The zero-order chi connectivity index (χ0) is 21.1. The van der Waals surface area contributed by atoms with Gasteiger partial charge >= 0.3 is 0 Å². The normalized spacial score (nSPS) is 10.6. The smallest absolute Gasteiger partial charge is 0.257 e. The lowest BCUT2D eigenvalue weighted by molar-refractivity contribution is 0.102. The first-order valence-electron chi connectivity index (χ1n) is 8.75. The van der Waals surface area contributed by atoms with Gasteiger partial charge in [0.2, 0.25) is 5.88 Å². The van der Waals surface area contributed by atoms with Crippen LogP contribution in [0.25, 0.3) is 5.69 Å². The highest BCUT2D eigenvalue weighted by Gasteiger charge is 2.13. The Morgan fingerprint density at radius 3 is 2.73 bits per heavy atom. The molecule has 0 aliphatic rings. The first-order chi connectivity index (χ1) is 14.5. The molecule has 0 unspecified atom stereocenters. The molecule has 0 atom stereocenters. The fraction of sp³-hybridized carbons (Fsp3) is 0.0500. The van der Waals surface area contributed by atoms with Crippen LogP contribution in [0.5, 0.6) is 11.6 Å². The van der Waals surface area contributed by atoms with Crippen molar-refractivity contribution >= 4 is 27.5 Å². The Hall–Kier alpha value is -3.66. The minimum Gasteiger partial charge on any atom is -0.439 e. The molecule has 0 spiro atoms. The lowest BCUT2D eigenvalue weighted by atomic mass is 10.2. The van der Waals surface area contributed by atoms with Gasteiger partial charge in [0.1, 0.15) is 11.6 Å². The number of hydrogen-bond acceptors (Lipinski definition) is 6. The summed E-state index contributed by atoms with van der Waals surface area (Å²) in [6.07, 6.45) is 1.36. The molecule has 0 saturated carbocycles. The number of hydrogen-bond donors (Lipinski definition) is 1. The zero-order valence-corrected chi connectivity index (χ0v) is 17.2. The zero-order valence-electron chi connectivity index (χ0n) is 15.6. The highest BCUT2D eigenvalue weighted by atomic mass is 79.9. The molecule has 0 radical (unpaired) electrons. The van der Waals surface area contributed by atoms with Crippen molar-refractivity contribution in [2.75, 3.05) is 5.32 Å². The van der Waals surface area contributed by atoms with Gasteiger partial charge in [-0.15, -0.1) is 5.10 Å². The van der Waals surface area contributed by atoms with Crippen molar-refractivity contribution in [3.05, 3.63) is 82.5 Å². The maximum atomic E-state index is 14.2. The minimum absolute atomic E-state index is 0.00172. The van der Waals surface area contributed by atoms with Crippen LogP contribution in [-0.4, -0.2) is 31.1 Å². The molecule has 2 aromatic heterocycles. The Kier molecular flexibility index (Phi) is 5.48. The van der Waals surface area contributed by atoms with Crippen LogP contribution in [0.2, 0.25) is 0 Å². The maximum Gasteiger partial charge on any atom is 0.257 e. The van der Waals surface area contributed by atoms with Crippen molar-refractivity contribution in [2.24, 2.45) is 0 Å². The van der Waals surface area contributed by atoms with Crippen molar-refractivity contribution in [3.8, 4) is 17.3 Å². The summed E-state index contributed by atoms with van der Waals surface area (Å²) in [5.41, 5.74) is 0.770. The van der Waals surface area contributed by atoms with E-state index in [1.165, 1.54) is 29.1 Å². The van der Waals surface area contributed by atoms with E-state index in [4.69, 9.17) is 4.74 Å². The van der Waals surface area contributed by atoms with Crippen molar-refractivity contribution in [1.82, 2.24) is 25.2 Å². The van der Waals surface area contributed by atoms with Crippen molar-refractivity contribution in [3.63, 3.8) is 0 Å². The SMILES string of the molecule is Cc1nnnn1-c1ccc(F)c(NC(=O)c2ccc(Oc3cccc(Br)c3)nc2)c1. The minimum atomic E-state index is -0.583. The Morgan fingerprint density at radius 1 is 1.17 bits per heavy atom. The molecule has 0 aliphatic carbocycles. The number of ether oxygens (including phenoxy) is 1. The van der Waals surface area contributed by atoms with Gasteiger partial charge in [-0.3, -0.25) is 4.79 Å². The number of amides is 1. The number of benzene rings is 2. The van der Waals surface area contributed by atoms with E-state index in [0.29, 0.717) is 23.1 Å². The lowest BCUT2D eigenvalue weighted by Crippen LogP contribution is -2.14. The fourth-order valence-corrected chi connectivity index (χ4v) is 3.01. The number of carbonyl (C=O) groups excluding carboxylic acids is 1. The predicted molar refractivity (Wildman–Crippen MR) is 110 cm³/mol. The Balaban J connectivity index is 1.49. The highest BCUT2D eigenvalue weighted by Crippen LogP contribution is 2.24. The van der Waals surface area contributed by atoms with Crippen LogP contribution < -0.4 is 10.1 Å². The van der Waals surface area contributed by atoms with Gasteiger partial charge in [0.15, 0.2) is 5.82 Å². The molecular formula is C20H14BrFN6O2. The molecule has 1 amide bonds. The molecule has 4 aromatic rings. The van der Waals surface area contributed by atoms with E-state index in [-0.39, 0.29) is 11.3 Å². The topological polar surface area (TPSA) is 94.8 Å². The first-order valence-corrected chi connectivity index (χ1v) is 9.54. The summed E-state index contributed by atoms with van der Waals surface area (Å²) in [7, 11) is 0. The summed E-state index contributed by atoms with van der Waals surface area (Å²) in [5, 5.41) is 13.7. The second kappa shape index (κ2) is 8.37. The van der Waals surface area contributed by atoms with E-state index in [1.807, 2.05) is 12.1 Å². The van der Waals surface area contributed by atoms with E-state index >= 15 is 0 Å². The van der Waals surface area contributed by atoms with Crippen molar-refractivity contribution in [1.29, 1.82) is 0 Å². The standard InChI is InChI=1S/C20H14BrFN6O2/c1-12-25-26-27-28(12)15-6-7-17(22)18(10-15)24-20(29)13-5-8-19(23-11-13)30-16-4-2-3-14(21)9-16/h2-11H,1H3,(H,24,29). The number of pyridine rings is 1. The summed E-state index contributed by atoms with van der Waals surface area (Å²) in [5.74, 6) is 0.364. The number of tetrazole rings is 1. The molecule has 0 bridgehead atoms. The van der Waals surface area contributed by atoms with Crippen molar-refractivity contribution < 1.29 is 13.9 Å². The number of aromatic nitrogens is 5. The van der Waals surface area contributed by atoms with Crippen molar-refractivity contribution in [2.45, 2.75) is 6.92 Å². The van der Waals surface area contributed by atoms with Gasteiger partial charge in [0.25, 0.3) is 5.91 Å². The number of halogens is 2. The van der Waals surface area contributed by atoms with Crippen LogP contribution in [0.15, 0.2) is 65.3 Å². The Bertz CT molecular complexity index is 1210. The van der Waals surface area contributed by atoms with Gasteiger partial charge in [-0.05, 0) is 59.8 Å². The van der Waals surface area contributed by atoms with Crippen LogP contribution >= 0.6 is 15.9 Å². The average Bonchev–Trinajstić information content (AvgIpc) is 3.16. The maximum absolute atomic E-state index is 14.2. The Labute approximate surface area is 178 Å². The van der Waals surface area contributed by atoms with Crippen LogP contribution in [0.1, 0.15) is 16.2 Å². The van der Waals surface area contributed by atoms with Crippen LogP contribution in [0.3, 0.4) is 0 Å². The third-order valence-corrected chi connectivity index (χ3v) is 4.58. The van der Waals surface area contributed by atoms with Crippen LogP contribution in [-0.2, 0) is 0 Å². The molecule has 0 fully saturated rings. The van der Waals surface area contributed by atoms with E-state index in [9.17, 15) is 9.18 Å². The van der Waals surface area contributed by atoms with Crippen LogP contribution in [0.4, 0.5) is 10.1 Å². The molecule has 0 saturated heterocycles. The molecule has 1 N–H and O–H groups in total. The molecule has 10 heteroatoms. The van der Waals surface area contributed by atoms with E-state index in [0.717, 1.165) is 4.47 Å². The second-order valence-corrected chi connectivity index (χ2v) is 7.12. The summed E-state index contributed by atoms with van der Waals surface area (Å²) < 4.78 is 22.2. The van der Waals surface area contributed by atoms with Gasteiger partial charge in [-0.25, -0.2) is 9.37 Å². The Morgan fingerprint density at radius 2 is 2.03 bits per heavy atom. The molecule has 0 aliphatic heterocycles. The molecule has 4 rings (SSSR count). The molecule has 2 aromatic carbocycles. The second-order valence-electron chi connectivity index (χ2n) is 6.20. The quantitative estimate of drug-likeness (QED) is 0.468. The van der Waals surface area contributed by atoms with Gasteiger partial charge in [-0.1, -0.05) is 22.0 Å². The van der Waals surface area contributed by atoms with Gasteiger partial charge < -0.3 is 10.1 Å². The highest BCUT2D eigenvalue weighted by molar-refractivity contribution is 9.10. The summed E-state index contributed by atoms with van der Waals surface area (Å²) in [4.78, 5) is 16.7. The lowest BCUT2D eigenvalue weighted by Gasteiger charge is -2.10. The van der Waals surface area contributed by atoms with Gasteiger partial charge in [0.05, 0.1) is 16.9 Å². The number of nitrogens with zero attached hydrogens (tertiary/aromatic N) is 5. The molecule has 150 valence electrons. The third kappa shape index (κ3) is 4.33. The van der Waals surface area contributed by atoms with E-state index in [2.05, 4.69) is 41.8 Å². The predicted octanol–water partition coefficient (Wildman–Crippen LogP) is 4.31. The first kappa shape index (κ1) is 19.6. The number of aryl methyl sites for hydroxylation is 1. The van der Waals surface area contributed by atoms with E-state index < -0.39 is 11.7 Å². The van der Waals surface area contributed by atoms with E-state index in [1.54, 1.807) is 31.2 Å². The van der Waals surface area contributed by atoms with Gasteiger partial charge in [-0.2, -0.15) is 4.68 Å². The van der Waals surface area contributed by atoms with Gasteiger partial charge in [0, 0.05) is 16.7 Å². The molecule has 2 heterocycles. The molecule has 8 nitrogen and oxygen atoms in total. The number of anilines is 1. The summed E-state index contributed by atoms with van der Waals surface area (Å²) >= 11 is 3.37. The summed E-state index contributed by atoms with van der Waals surface area (Å²) in [6.45, 7) is 1.71. The summed E-state index contributed by atoms with van der Waals surface area (Å²) in [6, 6.07) is 14.6.